The molecule has 4 heteroatoms. The van der Waals surface area contributed by atoms with Gasteiger partial charge in [-0.2, -0.15) is 12.1 Å². The second-order valence-electron chi connectivity index (χ2n) is 18.6. The van der Waals surface area contributed by atoms with Gasteiger partial charge in [-0.15, -0.1) is 44.8 Å². The van der Waals surface area contributed by atoms with Crippen LogP contribution in [0, 0.1) is 55.4 Å². The molecule has 0 atom stereocenters. The maximum absolute atomic E-state index is 5.62. The molecule has 320 valence electrons. The Balaban J connectivity index is 0.000000183. The van der Waals surface area contributed by atoms with Crippen molar-refractivity contribution in [2.75, 3.05) is 0 Å². The molecule has 0 spiro atoms. The molecule has 0 aliphatic rings. The molecule has 8 rings (SSSR count). The van der Waals surface area contributed by atoms with Crippen molar-refractivity contribution in [1.29, 1.82) is 0 Å². The minimum atomic E-state index is -1.65. The molecule has 62 heavy (non-hydrogen) atoms. The van der Waals surface area contributed by atoms with Crippen LogP contribution >= 0.6 is 17.0 Å². The van der Waals surface area contributed by atoms with Gasteiger partial charge in [-0.3, -0.25) is 0 Å². The van der Waals surface area contributed by atoms with Crippen molar-refractivity contribution < 1.29 is 18.0 Å². The fourth-order valence-corrected chi connectivity index (χ4v) is 8.84. The largest absolute Gasteiger partial charge is 0.164 e. The van der Waals surface area contributed by atoms with Crippen LogP contribution in [0.15, 0.2) is 121 Å². The Labute approximate surface area is 388 Å². The summed E-state index contributed by atoms with van der Waals surface area (Å²) >= 11 is -1.65. The number of benzene rings is 6. The molecule has 0 amide bonds. The Morgan fingerprint density at radius 3 is 0.839 bits per heavy atom. The normalized spacial score (nSPS) is 11.2. The van der Waals surface area contributed by atoms with Gasteiger partial charge in [-0.05, 0) is 78.4 Å². The molecule has 0 bridgehead atoms. The number of hydrogen-bond donors (Lipinski definition) is 0. The Morgan fingerprint density at radius 1 is 0.387 bits per heavy atom. The van der Waals surface area contributed by atoms with E-state index in [1.54, 1.807) is 0 Å². The predicted octanol–water partition coefficient (Wildman–Crippen LogP) is 18.7. The van der Waals surface area contributed by atoms with Gasteiger partial charge in [0.05, 0.1) is 0 Å². The van der Waals surface area contributed by atoms with Crippen LogP contribution in [0.2, 0.25) is 13.1 Å². The Bertz CT molecular complexity index is 2470. The van der Waals surface area contributed by atoms with E-state index >= 15 is 0 Å². The fraction of sp³-hybridized carbons (Fsp3) is 0.276. The minimum absolute atomic E-state index is 0.224. The molecule has 0 aromatic heterocycles. The fourth-order valence-electron chi connectivity index (χ4n) is 8.84. The number of halogens is 2. The van der Waals surface area contributed by atoms with Gasteiger partial charge >= 0.3 is 53.5 Å². The first-order valence-corrected chi connectivity index (χ1v) is 34.6. The Kier molecular flexibility index (Phi) is 15.7. The quantitative estimate of drug-likeness (QED) is 0.115. The number of rotatable bonds is 6. The Morgan fingerprint density at radius 2 is 0.613 bits per heavy atom. The predicted molar refractivity (Wildman–Crippen MR) is 276 cm³/mol. The zero-order valence-electron chi connectivity index (χ0n) is 39.5. The molecule has 0 unspecified atom stereocenters. The molecule has 0 fully saturated rings. The van der Waals surface area contributed by atoms with Gasteiger partial charge in [0.1, 0.15) is 0 Å². The van der Waals surface area contributed by atoms with E-state index in [4.69, 9.17) is 17.0 Å². The van der Waals surface area contributed by atoms with Crippen LogP contribution in [-0.2, 0) is 18.0 Å². The topological polar surface area (TPSA) is 0 Å². The first-order valence-electron chi connectivity index (χ1n) is 22.1. The van der Waals surface area contributed by atoms with Crippen LogP contribution < -0.4 is 0 Å². The average Bonchev–Trinajstić information content (AvgIpc) is 3.83. The van der Waals surface area contributed by atoms with Crippen molar-refractivity contribution in [3.05, 3.63) is 177 Å². The van der Waals surface area contributed by atoms with E-state index in [9.17, 15) is 0 Å². The summed E-state index contributed by atoms with van der Waals surface area (Å²) in [4.78, 5) is 0. The summed E-state index contributed by atoms with van der Waals surface area (Å²) in [5.74, 6) is 1.04. The SMILES string of the molecule is C[Si](C)=[Zr]([Cl])[Cl].Cc1cc(C)cc(-c2ccc(-c3cc(C)cc(C)c3)c3[cH-]c(C(C)C)cc23)c1.Cc1cc(C)cc(-c2ccc(-c3cc(C)cc(C)c3)c3[cH-]c(C(C)C)cc23)c1. The van der Waals surface area contributed by atoms with E-state index < -0.39 is 18.0 Å². The van der Waals surface area contributed by atoms with Gasteiger partial charge in [0.25, 0.3) is 0 Å². The second-order valence-corrected chi connectivity index (χ2v) is 41.6. The molecule has 0 radical (unpaired) electrons. The van der Waals surface area contributed by atoms with E-state index in [0.29, 0.717) is 11.8 Å². The van der Waals surface area contributed by atoms with Gasteiger partial charge in [-0.1, -0.05) is 203 Å². The van der Waals surface area contributed by atoms with Gasteiger partial charge in [-0.25, -0.2) is 0 Å². The van der Waals surface area contributed by atoms with E-state index in [1.165, 1.54) is 122 Å². The third-order valence-corrected chi connectivity index (χ3v) is 31.4. The van der Waals surface area contributed by atoms with Crippen molar-refractivity contribution in [2.24, 2.45) is 0 Å². The summed E-state index contributed by atoms with van der Waals surface area (Å²) in [5, 5.41) is 5.46. The van der Waals surface area contributed by atoms with Gasteiger partial charge in [0.2, 0.25) is 0 Å². The summed E-state index contributed by atoms with van der Waals surface area (Å²) in [6.07, 6.45) is 0. The molecule has 0 saturated carbocycles. The van der Waals surface area contributed by atoms with E-state index in [-0.39, 0.29) is 5.43 Å². The standard InChI is InChI=1S/2C28H29.C2H6Si.2ClH.Zr/c2*1-17(2)22-15-27-25(23-11-18(3)9-19(4)12-23)7-8-26(28(27)16-22)24-13-20(5)10-21(6)14-24;1-3-2;;;/h2*7-17H,1-6H3;1-2H3;2*1H;/q2*-1;;;;+2/p-2. The van der Waals surface area contributed by atoms with Crippen LogP contribution in [0.3, 0.4) is 0 Å². The molecule has 8 aromatic carbocycles. The van der Waals surface area contributed by atoms with Gasteiger partial charge in [0, 0.05) is 0 Å². The molecule has 0 heterocycles. The maximum atomic E-state index is 5.62. The summed E-state index contributed by atoms with van der Waals surface area (Å²) in [6, 6.07) is 46.3. The molecule has 0 nitrogen and oxygen atoms in total. The Hall–Kier alpha value is -3.78. The van der Waals surface area contributed by atoms with Crippen LogP contribution in [-0.4, -0.2) is 5.43 Å². The first-order chi connectivity index (χ1) is 29.3. The van der Waals surface area contributed by atoms with Crippen molar-refractivity contribution in [3.63, 3.8) is 0 Å². The molecular weight excluding hydrogens is 887 g/mol. The van der Waals surface area contributed by atoms with Gasteiger partial charge < -0.3 is 0 Å². The average molecular weight is 951 g/mol. The van der Waals surface area contributed by atoms with E-state index in [0.717, 1.165) is 0 Å². The molecular formula is C58H64Cl2SiZr-2. The smallest absolute Gasteiger partial charge is 0.0274 e. The van der Waals surface area contributed by atoms with Crippen LogP contribution in [0.4, 0.5) is 0 Å². The van der Waals surface area contributed by atoms with Crippen molar-refractivity contribution >= 4 is 44.0 Å². The van der Waals surface area contributed by atoms with Crippen LogP contribution in [0.5, 0.6) is 0 Å². The number of fused-ring (bicyclic) bond motifs is 2. The molecule has 8 aromatic rings. The minimum Gasteiger partial charge on any atom is -0.164 e. The van der Waals surface area contributed by atoms with Crippen molar-refractivity contribution in [1.82, 2.24) is 0 Å². The monoisotopic (exact) mass is 948 g/mol. The van der Waals surface area contributed by atoms with Gasteiger partial charge in [0.15, 0.2) is 0 Å². The van der Waals surface area contributed by atoms with Crippen molar-refractivity contribution in [3.8, 4) is 44.5 Å². The molecule has 0 aliphatic heterocycles. The van der Waals surface area contributed by atoms with Crippen LogP contribution in [0.1, 0.15) is 95.2 Å². The van der Waals surface area contributed by atoms with Crippen molar-refractivity contribution in [2.45, 2.75) is 108 Å². The molecule has 0 aliphatic carbocycles. The third kappa shape index (κ3) is 11.5. The number of aryl methyl sites for hydroxylation is 8. The zero-order valence-corrected chi connectivity index (χ0v) is 44.4. The van der Waals surface area contributed by atoms with E-state index in [1.807, 2.05) is 0 Å². The second kappa shape index (κ2) is 20.4. The molecule has 0 N–H and O–H groups in total. The van der Waals surface area contributed by atoms with E-state index in [2.05, 4.69) is 218 Å². The molecule has 0 saturated heterocycles. The summed E-state index contributed by atoms with van der Waals surface area (Å²) in [6.45, 7) is 30.9. The maximum Gasteiger partial charge on any atom is -0.0274 e. The first kappa shape index (κ1) is 47.7. The summed E-state index contributed by atoms with van der Waals surface area (Å²) < 4.78 is 0. The third-order valence-electron chi connectivity index (χ3n) is 11.7. The van der Waals surface area contributed by atoms with Crippen LogP contribution in [0.25, 0.3) is 66.1 Å². The zero-order chi connectivity index (χ0) is 45.2. The summed E-state index contributed by atoms with van der Waals surface area (Å²) in [5.41, 5.74) is 23.7. The summed E-state index contributed by atoms with van der Waals surface area (Å²) in [7, 11) is 11.2. The number of hydrogen-bond acceptors (Lipinski definition) is 0.